The van der Waals surface area contributed by atoms with Crippen LogP contribution in [0.5, 0.6) is 0 Å². The van der Waals surface area contributed by atoms with Crippen molar-refractivity contribution >= 4 is 33.6 Å². The molecular formula is C19H21BrFN5O2. The van der Waals surface area contributed by atoms with Gasteiger partial charge in [-0.3, -0.25) is 9.48 Å². The predicted octanol–water partition coefficient (Wildman–Crippen LogP) is 3.15. The van der Waals surface area contributed by atoms with Crippen molar-refractivity contribution in [2.45, 2.75) is 25.8 Å². The lowest BCUT2D eigenvalue weighted by molar-refractivity contribution is 0.0784. The zero-order valence-corrected chi connectivity index (χ0v) is 17.1. The fourth-order valence-electron chi connectivity index (χ4n) is 3.79. The van der Waals surface area contributed by atoms with Crippen LogP contribution in [0.25, 0.3) is 0 Å². The zero-order valence-electron chi connectivity index (χ0n) is 15.5. The van der Waals surface area contributed by atoms with E-state index in [-0.39, 0.29) is 18.1 Å². The highest BCUT2D eigenvalue weighted by Crippen LogP contribution is 2.26. The maximum atomic E-state index is 14.0. The van der Waals surface area contributed by atoms with E-state index in [1.165, 1.54) is 12.1 Å². The number of benzene rings is 1. The number of carbonyl (C=O) groups is 2. The minimum atomic E-state index is -0.508. The van der Waals surface area contributed by atoms with Gasteiger partial charge in [0.05, 0.1) is 12.2 Å². The molecule has 4 rings (SSSR count). The molecule has 2 aromatic rings. The third kappa shape index (κ3) is 3.50. The Hall–Kier alpha value is -2.42. The predicted molar refractivity (Wildman–Crippen MR) is 106 cm³/mol. The Bertz CT molecular complexity index is 939. The topological polar surface area (TPSA) is 70.5 Å². The second-order valence-corrected chi connectivity index (χ2v) is 8.04. The maximum Gasteiger partial charge on any atom is 0.322 e. The molecule has 0 bridgehead atoms. The van der Waals surface area contributed by atoms with Crippen molar-refractivity contribution in [3.63, 3.8) is 0 Å². The molecule has 1 fully saturated rings. The Morgan fingerprint density at radius 3 is 2.64 bits per heavy atom. The van der Waals surface area contributed by atoms with Gasteiger partial charge in [0.2, 0.25) is 0 Å². The van der Waals surface area contributed by atoms with E-state index in [0.29, 0.717) is 23.1 Å². The second kappa shape index (κ2) is 7.54. The summed E-state index contributed by atoms with van der Waals surface area (Å²) < 4.78 is 16.4. The number of urea groups is 1. The van der Waals surface area contributed by atoms with Crippen LogP contribution >= 0.6 is 15.9 Å². The standard InChI is InChI=1S/C19H21BrFN5O2/c1-24-16-6-9-26(19(28)22-15-5-4-12(20)10-14(15)21)11-13(16)17(23-24)18(27)25-7-2-3-8-25/h4-5,10H,2-3,6-9,11H2,1H3,(H,22,28). The Morgan fingerprint density at radius 1 is 1.18 bits per heavy atom. The number of likely N-dealkylation sites (tertiary alicyclic amines) is 1. The third-order valence-corrected chi connectivity index (χ3v) is 5.79. The van der Waals surface area contributed by atoms with Gasteiger partial charge in [-0.1, -0.05) is 15.9 Å². The first kappa shape index (κ1) is 18.9. The van der Waals surface area contributed by atoms with Gasteiger partial charge in [0.1, 0.15) is 5.82 Å². The van der Waals surface area contributed by atoms with Crippen molar-refractivity contribution in [2.24, 2.45) is 7.05 Å². The molecule has 7 nitrogen and oxygen atoms in total. The van der Waals surface area contributed by atoms with E-state index >= 15 is 0 Å². The van der Waals surface area contributed by atoms with Crippen LogP contribution in [0.1, 0.15) is 34.6 Å². The number of amides is 3. The minimum absolute atomic E-state index is 0.0736. The molecule has 1 N–H and O–H groups in total. The Balaban J connectivity index is 1.53. The normalized spacial score (nSPS) is 16.2. The van der Waals surface area contributed by atoms with E-state index < -0.39 is 11.8 Å². The largest absolute Gasteiger partial charge is 0.337 e. The molecular weight excluding hydrogens is 429 g/mol. The molecule has 0 aliphatic carbocycles. The first-order chi connectivity index (χ1) is 13.4. The first-order valence-electron chi connectivity index (χ1n) is 9.29. The van der Waals surface area contributed by atoms with Crippen LogP contribution < -0.4 is 5.32 Å². The van der Waals surface area contributed by atoms with Crippen LogP contribution in [0.4, 0.5) is 14.9 Å². The number of aryl methyl sites for hydroxylation is 1. The summed E-state index contributed by atoms with van der Waals surface area (Å²) in [5.41, 5.74) is 2.31. The molecule has 28 heavy (non-hydrogen) atoms. The summed E-state index contributed by atoms with van der Waals surface area (Å²) in [5, 5.41) is 7.06. The van der Waals surface area contributed by atoms with Crippen molar-refractivity contribution in [2.75, 3.05) is 25.0 Å². The van der Waals surface area contributed by atoms with Gasteiger partial charge >= 0.3 is 6.03 Å². The highest BCUT2D eigenvalue weighted by atomic mass is 79.9. The van der Waals surface area contributed by atoms with Gasteiger partial charge in [0.25, 0.3) is 5.91 Å². The van der Waals surface area contributed by atoms with E-state index in [0.717, 1.165) is 37.2 Å². The van der Waals surface area contributed by atoms with E-state index in [9.17, 15) is 14.0 Å². The summed E-state index contributed by atoms with van der Waals surface area (Å²) in [7, 11) is 1.83. The average Bonchev–Trinajstić information content (AvgIpc) is 3.32. The van der Waals surface area contributed by atoms with Crippen LogP contribution in [-0.4, -0.2) is 51.2 Å². The van der Waals surface area contributed by atoms with Crippen molar-refractivity contribution in [1.82, 2.24) is 19.6 Å². The van der Waals surface area contributed by atoms with Gasteiger partial charge in [0, 0.05) is 48.8 Å². The lowest BCUT2D eigenvalue weighted by atomic mass is 10.0. The lowest BCUT2D eigenvalue weighted by Crippen LogP contribution is -2.40. The number of hydrogen-bond donors (Lipinski definition) is 1. The average molecular weight is 450 g/mol. The third-order valence-electron chi connectivity index (χ3n) is 5.30. The van der Waals surface area contributed by atoms with Gasteiger partial charge in [-0.25, -0.2) is 9.18 Å². The molecule has 2 aliphatic heterocycles. The van der Waals surface area contributed by atoms with E-state index in [2.05, 4.69) is 26.3 Å². The Kier molecular flexibility index (Phi) is 5.09. The molecule has 148 valence electrons. The number of nitrogens with one attached hydrogen (secondary N) is 1. The lowest BCUT2D eigenvalue weighted by Gasteiger charge is -2.28. The van der Waals surface area contributed by atoms with Crippen LogP contribution in [0.3, 0.4) is 0 Å². The maximum absolute atomic E-state index is 14.0. The number of carbonyl (C=O) groups excluding carboxylic acids is 2. The van der Waals surface area contributed by atoms with Crippen LogP contribution in [0.15, 0.2) is 22.7 Å². The van der Waals surface area contributed by atoms with E-state index in [1.807, 2.05) is 11.9 Å². The fraction of sp³-hybridized carbons (Fsp3) is 0.421. The van der Waals surface area contributed by atoms with Gasteiger partial charge in [0.15, 0.2) is 5.69 Å². The molecule has 0 radical (unpaired) electrons. The molecule has 3 amide bonds. The molecule has 1 saturated heterocycles. The number of anilines is 1. The zero-order chi connectivity index (χ0) is 19.8. The number of nitrogens with zero attached hydrogens (tertiary/aromatic N) is 4. The van der Waals surface area contributed by atoms with Gasteiger partial charge in [-0.05, 0) is 31.0 Å². The van der Waals surface area contributed by atoms with Gasteiger partial charge < -0.3 is 15.1 Å². The van der Waals surface area contributed by atoms with E-state index in [1.54, 1.807) is 15.6 Å². The molecule has 0 spiro atoms. The van der Waals surface area contributed by atoms with Crippen molar-refractivity contribution in [3.8, 4) is 0 Å². The number of rotatable bonds is 2. The summed E-state index contributed by atoms with van der Waals surface area (Å²) in [4.78, 5) is 28.9. The van der Waals surface area contributed by atoms with Gasteiger partial charge in [-0.2, -0.15) is 5.10 Å². The van der Waals surface area contributed by atoms with Crippen LogP contribution in [0.2, 0.25) is 0 Å². The summed E-state index contributed by atoms with van der Waals surface area (Å²) in [5.74, 6) is -0.581. The van der Waals surface area contributed by atoms with Gasteiger partial charge in [-0.15, -0.1) is 0 Å². The van der Waals surface area contributed by atoms with Crippen molar-refractivity contribution < 1.29 is 14.0 Å². The molecule has 0 unspecified atom stereocenters. The number of fused-ring (bicyclic) bond motifs is 1. The molecule has 3 heterocycles. The van der Waals surface area contributed by atoms with Crippen LogP contribution in [0, 0.1) is 5.82 Å². The summed E-state index contributed by atoms with van der Waals surface area (Å²) in [6.45, 7) is 2.25. The van der Waals surface area contributed by atoms with Crippen molar-refractivity contribution in [3.05, 3.63) is 45.4 Å². The SMILES string of the molecule is Cn1nc(C(=O)N2CCCC2)c2c1CCN(C(=O)Nc1ccc(Br)cc1F)C2. The number of halogens is 2. The molecule has 2 aliphatic rings. The summed E-state index contributed by atoms with van der Waals surface area (Å²) in [6.07, 6.45) is 2.62. The highest BCUT2D eigenvalue weighted by molar-refractivity contribution is 9.10. The smallest absolute Gasteiger partial charge is 0.322 e. The summed E-state index contributed by atoms with van der Waals surface area (Å²) in [6, 6.07) is 4.09. The number of aromatic nitrogens is 2. The Morgan fingerprint density at radius 2 is 1.93 bits per heavy atom. The Labute approximate surface area is 170 Å². The highest BCUT2D eigenvalue weighted by Gasteiger charge is 2.32. The quantitative estimate of drug-likeness (QED) is 0.765. The molecule has 0 saturated carbocycles. The van der Waals surface area contributed by atoms with E-state index in [4.69, 9.17) is 0 Å². The van der Waals surface area contributed by atoms with Crippen LogP contribution in [-0.2, 0) is 20.0 Å². The molecule has 0 atom stereocenters. The molecule has 1 aromatic heterocycles. The minimum Gasteiger partial charge on any atom is -0.337 e. The number of hydrogen-bond acceptors (Lipinski definition) is 3. The molecule has 9 heteroatoms. The summed E-state index contributed by atoms with van der Waals surface area (Å²) >= 11 is 3.20. The molecule has 1 aromatic carbocycles. The van der Waals surface area contributed by atoms with Crippen molar-refractivity contribution in [1.29, 1.82) is 0 Å². The monoisotopic (exact) mass is 449 g/mol. The first-order valence-corrected chi connectivity index (χ1v) is 10.1. The second-order valence-electron chi connectivity index (χ2n) is 7.12. The fourth-order valence-corrected chi connectivity index (χ4v) is 4.13.